The van der Waals surface area contributed by atoms with E-state index in [9.17, 15) is 4.39 Å². The van der Waals surface area contributed by atoms with Crippen molar-refractivity contribution in [3.8, 4) is 17.2 Å². The van der Waals surface area contributed by atoms with Crippen LogP contribution in [0, 0.1) is 5.82 Å². The van der Waals surface area contributed by atoms with Gasteiger partial charge in [-0.3, -0.25) is 4.98 Å². The number of hydrogen-bond acceptors (Lipinski definition) is 4. The number of aromatic nitrogens is 3. The van der Waals surface area contributed by atoms with Crippen LogP contribution in [0.3, 0.4) is 0 Å². The number of fused-ring (bicyclic) bond motifs is 2. The molecule has 0 bridgehead atoms. The summed E-state index contributed by atoms with van der Waals surface area (Å²) >= 11 is 0. The largest absolute Gasteiger partial charge is 0.451 e. The summed E-state index contributed by atoms with van der Waals surface area (Å²) in [5.41, 5.74) is 2.24. The first-order valence-corrected chi connectivity index (χ1v) is 6.50. The van der Waals surface area contributed by atoms with E-state index < -0.39 is 0 Å². The predicted octanol–water partition coefficient (Wildman–Crippen LogP) is 3.12. The van der Waals surface area contributed by atoms with Crippen molar-refractivity contribution >= 4 is 5.69 Å². The third kappa shape index (κ3) is 2.10. The van der Waals surface area contributed by atoms with Gasteiger partial charge in [-0.2, -0.15) is 5.10 Å². The van der Waals surface area contributed by atoms with Crippen molar-refractivity contribution < 1.29 is 9.13 Å². The molecule has 0 amide bonds. The first-order valence-electron chi connectivity index (χ1n) is 6.50. The molecular weight excluding hydrogens is 271 g/mol. The van der Waals surface area contributed by atoms with Crippen LogP contribution < -0.4 is 10.1 Å². The second-order valence-electron chi connectivity index (χ2n) is 4.69. The Morgan fingerprint density at radius 3 is 3.05 bits per heavy atom. The monoisotopic (exact) mass is 282 g/mol. The number of anilines is 1. The van der Waals surface area contributed by atoms with E-state index in [2.05, 4.69) is 15.4 Å². The highest BCUT2D eigenvalue weighted by Crippen LogP contribution is 2.35. The van der Waals surface area contributed by atoms with Gasteiger partial charge in [0.1, 0.15) is 11.5 Å². The summed E-state index contributed by atoms with van der Waals surface area (Å²) in [7, 11) is 0. The second kappa shape index (κ2) is 4.59. The maximum absolute atomic E-state index is 13.2. The molecule has 0 radical (unpaired) electrons. The Kier molecular flexibility index (Phi) is 2.60. The SMILES string of the molecule is Fc1ccc2c(c1)NCc1nn(-c3cccnc3)cc1O2. The summed E-state index contributed by atoms with van der Waals surface area (Å²) in [4.78, 5) is 4.07. The smallest absolute Gasteiger partial charge is 0.170 e. The number of halogens is 1. The minimum Gasteiger partial charge on any atom is -0.451 e. The van der Waals surface area contributed by atoms with Gasteiger partial charge in [-0.15, -0.1) is 0 Å². The lowest BCUT2D eigenvalue weighted by Crippen LogP contribution is -2.01. The lowest BCUT2D eigenvalue weighted by atomic mass is 10.3. The molecule has 1 aliphatic rings. The number of pyridine rings is 1. The predicted molar refractivity (Wildman–Crippen MR) is 75.2 cm³/mol. The zero-order valence-electron chi connectivity index (χ0n) is 11.0. The molecule has 3 aromatic rings. The molecule has 2 aromatic heterocycles. The zero-order chi connectivity index (χ0) is 14.2. The van der Waals surface area contributed by atoms with E-state index in [0.29, 0.717) is 23.7 Å². The summed E-state index contributed by atoms with van der Waals surface area (Å²) in [6.07, 6.45) is 5.23. The fourth-order valence-electron chi connectivity index (χ4n) is 2.25. The van der Waals surface area contributed by atoms with Crippen molar-refractivity contribution in [1.82, 2.24) is 14.8 Å². The van der Waals surface area contributed by atoms with E-state index in [4.69, 9.17) is 4.74 Å². The molecule has 0 fully saturated rings. The van der Waals surface area contributed by atoms with Gasteiger partial charge < -0.3 is 10.1 Å². The topological polar surface area (TPSA) is 52.0 Å². The molecule has 3 heterocycles. The fraction of sp³-hybridized carbons (Fsp3) is 0.0667. The molecule has 0 aliphatic carbocycles. The number of ether oxygens (including phenoxy) is 1. The first kappa shape index (κ1) is 11.9. The molecular formula is C15H11FN4O. The van der Waals surface area contributed by atoms with Crippen LogP contribution in [0.4, 0.5) is 10.1 Å². The third-order valence-electron chi connectivity index (χ3n) is 3.27. The molecule has 0 spiro atoms. The van der Waals surface area contributed by atoms with Crippen LogP contribution in [0.2, 0.25) is 0 Å². The van der Waals surface area contributed by atoms with Gasteiger partial charge in [-0.1, -0.05) is 0 Å². The van der Waals surface area contributed by atoms with Gasteiger partial charge in [-0.25, -0.2) is 9.07 Å². The lowest BCUT2D eigenvalue weighted by Gasteiger charge is -2.07. The molecule has 1 aliphatic heterocycles. The van der Waals surface area contributed by atoms with Gasteiger partial charge in [0, 0.05) is 12.3 Å². The molecule has 0 saturated heterocycles. The van der Waals surface area contributed by atoms with Crippen molar-refractivity contribution in [2.24, 2.45) is 0 Å². The fourth-order valence-corrected chi connectivity index (χ4v) is 2.25. The van der Waals surface area contributed by atoms with Gasteiger partial charge in [0.05, 0.1) is 30.3 Å². The molecule has 1 N–H and O–H groups in total. The van der Waals surface area contributed by atoms with Crippen LogP contribution in [-0.4, -0.2) is 14.8 Å². The van der Waals surface area contributed by atoms with Crippen LogP contribution in [0.25, 0.3) is 5.69 Å². The Morgan fingerprint density at radius 2 is 2.19 bits per heavy atom. The van der Waals surface area contributed by atoms with E-state index in [1.54, 1.807) is 29.3 Å². The Bertz CT molecular complexity index is 801. The summed E-state index contributed by atoms with van der Waals surface area (Å²) in [6, 6.07) is 8.15. The van der Waals surface area contributed by atoms with E-state index in [1.165, 1.54) is 12.1 Å². The van der Waals surface area contributed by atoms with Gasteiger partial charge in [0.2, 0.25) is 0 Å². The lowest BCUT2D eigenvalue weighted by molar-refractivity contribution is 0.482. The molecule has 6 heteroatoms. The quantitative estimate of drug-likeness (QED) is 0.745. The standard InChI is InChI=1S/C15H11FN4O/c16-10-3-4-14-12(6-10)18-8-13-15(21-14)9-20(19-13)11-2-1-5-17-7-11/h1-7,9,18H,8H2. The molecule has 4 rings (SSSR count). The maximum atomic E-state index is 13.2. The first-order chi connectivity index (χ1) is 10.3. The molecule has 104 valence electrons. The second-order valence-corrected chi connectivity index (χ2v) is 4.69. The van der Waals surface area contributed by atoms with Gasteiger partial charge in [0.25, 0.3) is 0 Å². The third-order valence-corrected chi connectivity index (χ3v) is 3.27. The van der Waals surface area contributed by atoms with Crippen LogP contribution >= 0.6 is 0 Å². The summed E-state index contributed by atoms with van der Waals surface area (Å²) in [5, 5.41) is 7.61. The Morgan fingerprint density at radius 1 is 1.24 bits per heavy atom. The van der Waals surface area contributed by atoms with Crippen LogP contribution in [0.15, 0.2) is 48.9 Å². The summed E-state index contributed by atoms with van der Waals surface area (Å²) in [5.74, 6) is 0.933. The average molecular weight is 282 g/mol. The van der Waals surface area contributed by atoms with Crippen molar-refractivity contribution in [2.45, 2.75) is 6.54 Å². The molecule has 1 aromatic carbocycles. The van der Waals surface area contributed by atoms with Gasteiger partial charge >= 0.3 is 0 Å². The maximum Gasteiger partial charge on any atom is 0.170 e. The van der Waals surface area contributed by atoms with Crippen molar-refractivity contribution in [3.63, 3.8) is 0 Å². The molecule has 0 saturated carbocycles. The van der Waals surface area contributed by atoms with Gasteiger partial charge in [0.15, 0.2) is 11.5 Å². The van der Waals surface area contributed by atoms with E-state index in [1.807, 2.05) is 12.1 Å². The number of rotatable bonds is 1. The molecule has 21 heavy (non-hydrogen) atoms. The Hall–Kier alpha value is -2.89. The molecule has 0 atom stereocenters. The highest BCUT2D eigenvalue weighted by molar-refractivity contribution is 5.60. The van der Waals surface area contributed by atoms with Crippen LogP contribution in [0.1, 0.15) is 5.69 Å². The number of nitrogens with one attached hydrogen (secondary N) is 1. The number of hydrogen-bond donors (Lipinski definition) is 1. The minimum absolute atomic E-state index is 0.301. The van der Waals surface area contributed by atoms with Crippen molar-refractivity contribution in [1.29, 1.82) is 0 Å². The molecule has 5 nitrogen and oxygen atoms in total. The normalized spacial score (nSPS) is 12.6. The highest BCUT2D eigenvalue weighted by Gasteiger charge is 2.18. The minimum atomic E-state index is -0.301. The Balaban J connectivity index is 1.74. The summed E-state index contributed by atoms with van der Waals surface area (Å²) in [6.45, 7) is 0.471. The Labute approximate surface area is 120 Å². The van der Waals surface area contributed by atoms with Crippen LogP contribution in [-0.2, 0) is 6.54 Å². The van der Waals surface area contributed by atoms with E-state index in [0.717, 1.165) is 11.4 Å². The highest BCUT2D eigenvalue weighted by atomic mass is 19.1. The number of benzene rings is 1. The van der Waals surface area contributed by atoms with Crippen molar-refractivity contribution in [3.05, 3.63) is 60.4 Å². The molecule has 0 unspecified atom stereocenters. The van der Waals surface area contributed by atoms with E-state index in [-0.39, 0.29) is 5.82 Å². The summed E-state index contributed by atoms with van der Waals surface area (Å²) < 4.78 is 20.8. The average Bonchev–Trinajstić information content (AvgIpc) is 2.84. The van der Waals surface area contributed by atoms with Gasteiger partial charge in [-0.05, 0) is 24.3 Å². The van der Waals surface area contributed by atoms with E-state index >= 15 is 0 Å². The number of nitrogens with zero attached hydrogens (tertiary/aromatic N) is 3. The zero-order valence-corrected chi connectivity index (χ0v) is 11.0. The van der Waals surface area contributed by atoms with Crippen LogP contribution in [0.5, 0.6) is 11.5 Å². The van der Waals surface area contributed by atoms with Crippen molar-refractivity contribution in [2.75, 3.05) is 5.32 Å².